The van der Waals surface area contributed by atoms with Crippen molar-refractivity contribution in [2.24, 2.45) is 0 Å². The van der Waals surface area contributed by atoms with E-state index >= 15 is 0 Å². The SMILES string of the molecule is CCCCCCCC/C=C/CCCCCCCC(=O)OCOCNc1ccc(-c2nc3cc(C(C)(C)C)[nH]n3n2)cc1. The van der Waals surface area contributed by atoms with Gasteiger partial charge in [-0.1, -0.05) is 91.2 Å². The average Bonchev–Trinajstić information content (AvgIpc) is 3.56. The van der Waals surface area contributed by atoms with Gasteiger partial charge in [-0.25, -0.2) is 4.98 Å². The van der Waals surface area contributed by atoms with Gasteiger partial charge in [0.2, 0.25) is 0 Å². The Labute approximate surface area is 252 Å². The van der Waals surface area contributed by atoms with Crippen molar-refractivity contribution in [2.75, 3.05) is 18.8 Å². The Balaban J connectivity index is 1.16. The summed E-state index contributed by atoms with van der Waals surface area (Å²) in [5, 5.41) is 11.0. The maximum Gasteiger partial charge on any atom is 0.307 e. The number of esters is 1. The lowest BCUT2D eigenvalue weighted by Gasteiger charge is -2.14. The number of benzene rings is 1. The molecule has 8 nitrogen and oxygen atoms in total. The van der Waals surface area contributed by atoms with E-state index in [0.717, 1.165) is 35.4 Å². The van der Waals surface area contributed by atoms with E-state index in [2.05, 4.69) is 60.3 Å². The van der Waals surface area contributed by atoms with E-state index in [9.17, 15) is 4.79 Å². The predicted molar refractivity (Wildman–Crippen MR) is 171 cm³/mol. The number of rotatable bonds is 21. The highest BCUT2D eigenvalue weighted by Gasteiger charge is 2.18. The van der Waals surface area contributed by atoms with Crippen molar-refractivity contribution in [3.63, 3.8) is 0 Å². The zero-order valence-electron chi connectivity index (χ0n) is 26.4. The lowest BCUT2D eigenvalue weighted by Crippen LogP contribution is -2.12. The maximum atomic E-state index is 11.9. The number of ether oxygens (including phenoxy) is 2. The number of allylic oxidation sites excluding steroid dienone is 2. The quantitative estimate of drug-likeness (QED) is 0.0566. The summed E-state index contributed by atoms with van der Waals surface area (Å²) in [6.45, 7) is 8.93. The number of carbonyl (C=O) groups is 1. The Morgan fingerprint density at radius 3 is 2.21 bits per heavy atom. The van der Waals surface area contributed by atoms with E-state index in [4.69, 9.17) is 9.47 Å². The van der Waals surface area contributed by atoms with Gasteiger partial charge in [-0.2, -0.15) is 4.63 Å². The largest absolute Gasteiger partial charge is 0.438 e. The lowest BCUT2D eigenvalue weighted by atomic mass is 9.93. The van der Waals surface area contributed by atoms with E-state index in [0.29, 0.717) is 12.2 Å². The Morgan fingerprint density at radius 1 is 0.929 bits per heavy atom. The Morgan fingerprint density at radius 2 is 1.57 bits per heavy atom. The number of H-pyrrole nitrogens is 1. The van der Waals surface area contributed by atoms with Gasteiger partial charge in [-0.05, 0) is 56.4 Å². The van der Waals surface area contributed by atoms with Crippen LogP contribution in [0.2, 0.25) is 0 Å². The minimum absolute atomic E-state index is 0.0140. The molecule has 0 bridgehead atoms. The second kappa shape index (κ2) is 18.4. The zero-order valence-corrected chi connectivity index (χ0v) is 26.4. The molecule has 0 fully saturated rings. The first-order valence-corrected chi connectivity index (χ1v) is 16.1. The number of hydrogen-bond acceptors (Lipinski definition) is 6. The van der Waals surface area contributed by atoms with Crippen LogP contribution in [0.15, 0.2) is 42.5 Å². The van der Waals surface area contributed by atoms with Gasteiger partial charge in [0.1, 0.15) is 6.73 Å². The molecule has 0 aliphatic heterocycles. The Hall–Kier alpha value is -3.13. The summed E-state index contributed by atoms with van der Waals surface area (Å²) in [4.78, 5) is 16.6. The first-order valence-electron chi connectivity index (χ1n) is 16.1. The van der Waals surface area contributed by atoms with E-state index < -0.39 is 0 Å². The molecular formula is C34H53N5O3. The molecule has 3 rings (SSSR count). The van der Waals surface area contributed by atoms with Gasteiger partial charge in [0.25, 0.3) is 0 Å². The van der Waals surface area contributed by atoms with Crippen LogP contribution >= 0.6 is 0 Å². The van der Waals surface area contributed by atoms with Crippen LogP contribution in [0.4, 0.5) is 5.69 Å². The van der Waals surface area contributed by atoms with Crippen LogP contribution < -0.4 is 5.32 Å². The van der Waals surface area contributed by atoms with Gasteiger partial charge < -0.3 is 14.8 Å². The Kier molecular flexibility index (Phi) is 14.6. The van der Waals surface area contributed by atoms with Gasteiger partial charge in [0.15, 0.2) is 18.3 Å². The highest BCUT2D eigenvalue weighted by molar-refractivity contribution is 5.69. The molecule has 8 heteroatoms. The molecule has 0 atom stereocenters. The molecule has 2 N–H and O–H groups in total. The third kappa shape index (κ3) is 12.4. The van der Waals surface area contributed by atoms with Crippen molar-refractivity contribution < 1.29 is 14.3 Å². The fraction of sp³-hybridized carbons (Fsp3) is 0.618. The van der Waals surface area contributed by atoms with Crippen molar-refractivity contribution in [2.45, 2.75) is 123 Å². The molecule has 42 heavy (non-hydrogen) atoms. The number of anilines is 1. The van der Waals surface area contributed by atoms with Crippen molar-refractivity contribution >= 4 is 17.3 Å². The molecular weight excluding hydrogens is 526 g/mol. The third-order valence-electron chi connectivity index (χ3n) is 7.41. The molecule has 3 aromatic rings. The van der Waals surface area contributed by atoms with Crippen LogP contribution in [0.3, 0.4) is 0 Å². The number of aromatic nitrogens is 4. The first kappa shape index (κ1) is 33.4. The summed E-state index contributed by atoms with van der Waals surface area (Å²) in [5.41, 5.74) is 3.74. The predicted octanol–water partition coefficient (Wildman–Crippen LogP) is 8.95. The number of nitrogens with one attached hydrogen (secondary N) is 2. The molecule has 0 aliphatic carbocycles. The second-order valence-corrected chi connectivity index (χ2v) is 12.2. The molecule has 2 heterocycles. The standard InChI is InChI=1S/C34H53N5O3/c1-5-6-7-8-9-10-11-12-13-14-15-16-17-18-19-20-32(40)42-27-41-26-35-29-23-21-28(22-24-29)33-36-31-25-30(34(2,3)4)37-39(31)38-33/h12-13,21-25,35,37H,5-11,14-20,26-27H2,1-4H3/b13-12+. The summed E-state index contributed by atoms with van der Waals surface area (Å²) >= 11 is 0. The number of hydrogen-bond donors (Lipinski definition) is 2. The summed E-state index contributed by atoms with van der Waals surface area (Å²) in [6, 6.07) is 9.88. The summed E-state index contributed by atoms with van der Waals surface area (Å²) in [5.74, 6) is 0.470. The smallest absolute Gasteiger partial charge is 0.307 e. The van der Waals surface area contributed by atoms with Crippen LogP contribution in [0, 0.1) is 0 Å². The van der Waals surface area contributed by atoms with Crippen LogP contribution in [0.25, 0.3) is 17.0 Å². The highest BCUT2D eigenvalue weighted by Crippen LogP contribution is 2.24. The highest BCUT2D eigenvalue weighted by atomic mass is 16.7. The van der Waals surface area contributed by atoms with E-state index in [-0.39, 0.29) is 24.9 Å². The first-order chi connectivity index (χ1) is 20.4. The summed E-state index contributed by atoms with van der Waals surface area (Å²) < 4.78 is 12.3. The lowest BCUT2D eigenvalue weighted by molar-refractivity contribution is -0.155. The van der Waals surface area contributed by atoms with Crippen LogP contribution in [0.1, 0.15) is 123 Å². The Bertz CT molecular complexity index is 1160. The zero-order chi connectivity index (χ0) is 30.0. The van der Waals surface area contributed by atoms with E-state index in [1.807, 2.05) is 30.3 Å². The normalized spacial score (nSPS) is 12.0. The van der Waals surface area contributed by atoms with Gasteiger partial charge in [0, 0.05) is 34.8 Å². The minimum atomic E-state index is -0.199. The monoisotopic (exact) mass is 579 g/mol. The second-order valence-electron chi connectivity index (χ2n) is 12.2. The van der Waals surface area contributed by atoms with Gasteiger partial charge in [0.05, 0.1) is 0 Å². The maximum absolute atomic E-state index is 11.9. The number of nitrogens with zero attached hydrogens (tertiary/aromatic N) is 3. The van der Waals surface area contributed by atoms with Crippen molar-refractivity contribution in [1.29, 1.82) is 0 Å². The van der Waals surface area contributed by atoms with Crippen molar-refractivity contribution in [3.05, 3.63) is 48.2 Å². The summed E-state index contributed by atoms with van der Waals surface area (Å²) in [6.07, 6.45) is 21.3. The van der Waals surface area contributed by atoms with Crippen LogP contribution in [0.5, 0.6) is 0 Å². The molecule has 1 aromatic carbocycles. The molecule has 0 aliphatic rings. The molecule has 232 valence electrons. The van der Waals surface area contributed by atoms with Crippen molar-refractivity contribution in [3.8, 4) is 11.4 Å². The number of fused-ring (bicyclic) bond motifs is 1. The summed E-state index contributed by atoms with van der Waals surface area (Å²) in [7, 11) is 0. The molecule has 0 radical (unpaired) electrons. The minimum Gasteiger partial charge on any atom is -0.438 e. The fourth-order valence-electron chi connectivity index (χ4n) is 4.71. The molecule has 0 saturated carbocycles. The fourth-order valence-corrected chi connectivity index (χ4v) is 4.71. The molecule has 0 spiro atoms. The van der Waals surface area contributed by atoms with Crippen LogP contribution in [-0.4, -0.2) is 39.3 Å². The topological polar surface area (TPSA) is 93.5 Å². The molecule has 0 saturated heterocycles. The van der Waals surface area contributed by atoms with E-state index in [1.165, 1.54) is 70.6 Å². The third-order valence-corrected chi connectivity index (χ3v) is 7.41. The number of unbranched alkanes of at least 4 members (excludes halogenated alkanes) is 11. The average molecular weight is 580 g/mol. The molecule has 2 aromatic heterocycles. The van der Waals surface area contributed by atoms with Gasteiger partial charge in [-0.3, -0.25) is 9.89 Å². The molecule has 0 amide bonds. The number of carbonyl (C=O) groups excluding carboxylic acids is 1. The van der Waals surface area contributed by atoms with Gasteiger partial charge >= 0.3 is 5.97 Å². The van der Waals surface area contributed by atoms with Crippen LogP contribution in [-0.2, 0) is 19.7 Å². The van der Waals surface area contributed by atoms with Crippen molar-refractivity contribution in [1.82, 2.24) is 19.8 Å². The van der Waals surface area contributed by atoms with E-state index in [1.54, 1.807) is 4.63 Å². The molecule has 0 unspecified atom stereocenters. The number of aromatic amines is 1. The van der Waals surface area contributed by atoms with Gasteiger partial charge in [-0.15, -0.1) is 5.10 Å².